The smallest absolute Gasteiger partial charge is 0.205 e. The van der Waals surface area contributed by atoms with Crippen LogP contribution in [-0.2, 0) is 0 Å². The fourth-order valence-electron chi connectivity index (χ4n) is 1.67. The van der Waals surface area contributed by atoms with Gasteiger partial charge in [0.05, 0.1) is 15.7 Å². The first-order chi connectivity index (χ1) is 7.61. The van der Waals surface area contributed by atoms with Gasteiger partial charge < -0.3 is 4.98 Å². The topological polar surface area (TPSA) is 45.8 Å². The van der Waals surface area contributed by atoms with E-state index < -0.39 is 0 Å². The summed E-state index contributed by atoms with van der Waals surface area (Å²) in [6.07, 6.45) is 1.68. The Morgan fingerprint density at radius 3 is 2.62 bits per heavy atom. The molecule has 4 heteroatoms. The number of aromatic nitrogens is 2. The first-order valence-electron chi connectivity index (χ1n) is 4.91. The number of rotatable bonds is 1. The number of hydrogen-bond donors (Lipinski definition) is 1. The third-order valence-electron chi connectivity index (χ3n) is 2.43. The fourth-order valence-corrected chi connectivity index (χ4v) is 1.97. The minimum absolute atomic E-state index is 0.0209. The summed E-state index contributed by atoms with van der Waals surface area (Å²) in [5.41, 5.74) is 2.97. The number of H-pyrrole nitrogens is 1. The van der Waals surface area contributed by atoms with E-state index >= 15 is 0 Å². The second kappa shape index (κ2) is 4.22. The molecule has 2 aromatic heterocycles. The Labute approximate surface area is 102 Å². The van der Waals surface area contributed by atoms with E-state index in [1.54, 1.807) is 6.20 Å². The Morgan fingerprint density at radius 1 is 1.25 bits per heavy atom. The molecule has 0 radical (unpaired) electrons. The zero-order valence-corrected chi connectivity index (χ0v) is 10.6. The van der Waals surface area contributed by atoms with E-state index in [0.29, 0.717) is 15.7 Å². The molecule has 3 nitrogen and oxygen atoms in total. The molecule has 1 N–H and O–H groups in total. The minimum atomic E-state index is -0.0209. The maximum Gasteiger partial charge on any atom is 0.205 e. The Balaban J connectivity index is 2.77. The van der Waals surface area contributed by atoms with Gasteiger partial charge in [0.25, 0.3) is 0 Å². The van der Waals surface area contributed by atoms with Gasteiger partial charge in [-0.25, -0.2) is 0 Å². The molecule has 82 valence electrons. The summed E-state index contributed by atoms with van der Waals surface area (Å²) in [5, 5.41) is 0. The number of nitrogens with one attached hydrogen (secondary N) is 1. The van der Waals surface area contributed by atoms with Gasteiger partial charge in [-0.3, -0.25) is 9.78 Å². The van der Waals surface area contributed by atoms with E-state index in [0.717, 1.165) is 11.4 Å². The normalized spacial score (nSPS) is 10.4. The van der Waals surface area contributed by atoms with Crippen LogP contribution in [0.3, 0.4) is 0 Å². The molecule has 0 atom stereocenters. The lowest BCUT2D eigenvalue weighted by molar-refractivity contribution is 1.09. The molecule has 0 aromatic carbocycles. The van der Waals surface area contributed by atoms with Gasteiger partial charge >= 0.3 is 0 Å². The van der Waals surface area contributed by atoms with Crippen molar-refractivity contribution in [2.75, 3.05) is 0 Å². The van der Waals surface area contributed by atoms with Gasteiger partial charge in [-0.15, -0.1) is 0 Å². The number of nitrogens with zero attached hydrogens (tertiary/aromatic N) is 1. The number of hydrogen-bond acceptors (Lipinski definition) is 2. The van der Waals surface area contributed by atoms with Crippen molar-refractivity contribution in [3.05, 3.63) is 50.5 Å². The van der Waals surface area contributed by atoms with E-state index in [-0.39, 0.29) is 5.43 Å². The predicted octanol–water partition coefficient (Wildman–Crippen LogP) is 2.82. The fraction of sp³-hybridized carbons (Fsp3) is 0.167. The maximum absolute atomic E-state index is 12.1. The molecular formula is C12H11BrN2O. The van der Waals surface area contributed by atoms with Crippen LogP contribution in [0.2, 0.25) is 0 Å². The first kappa shape index (κ1) is 11.1. The van der Waals surface area contributed by atoms with Crippen molar-refractivity contribution in [1.82, 2.24) is 9.97 Å². The van der Waals surface area contributed by atoms with Crippen LogP contribution < -0.4 is 5.43 Å². The van der Waals surface area contributed by atoms with Gasteiger partial charge in [0.2, 0.25) is 5.43 Å². The van der Waals surface area contributed by atoms with Gasteiger partial charge in [0, 0.05) is 17.6 Å². The van der Waals surface area contributed by atoms with Crippen LogP contribution in [0.5, 0.6) is 0 Å². The molecule has 0 saturated heterocycles. The third-order valence-corrected chi connectivity index (χ3v) is 3.38. The third kappa shape index (κ3) is 1.80. The largest absolute Gasteiger partial charge is 0.361 e. The van der Waals surface area contributed by atoms with Crippen molar-refractivity contribution in [1.29, 1.82) is 0 Å². The molecule has 0 amide bonds. The van der Waals surface area contributed by atoms with Crippen LogP contribution in [0.25, 0.3) is 11.3 Å². The lowest BCUT2D eigenvalue weighted by Crippen LogP contribution is -2.12. The summed E-state index contributed by atoms with van der Waals surface area (Å²) in [4.78, 5) is 19.5. The summed E-state index contributed by atoms with van der Waals surface area (Å²) in [7, 11) is 0. The highest BCUT2D eigenvalue weighted by molar-refractivity contribution is 9.10. The quantitative estimate of drug-likeness (QED) is 0.872. The molecule has 0 spiro atoms. The van der Waals surface area contributed by atoms with E-state index in [1.807, 2.05) is 32.0 Å². The van der Waals surface area contributed by atoms with Crippen molar-refractivity contribution in [3.63, 3.8) is 0 Å². The molecular weight excluding hydrogens is 268 g/mol. The molecule has 2 aromatic rings. The highest BCUT2D eigenvalue weighted by Crippen LogP contribution is 2.19. The van der Waals surface area contributed by atoms with Crippen molar-refractivity contribution in [2.24, 2.45) is 0 Å². The highest BCUT2D eigenvalue weighted by Gasteiger charge is 2.12. The van der Waals surface area contributed by atoms with Crippen LogP contribution in [0, 0.1) is 13.8 Å². The summed E-state index contributed by atoms with van der Waals surface area (Å²) in [6, 6.07) is 5.53. The van der Waals surface area contributed by atoms with Crippen molar-refractivity contribution >= 4 is 15.9 Å². The summed E-state index contributed by atoms with van der Waals surface area (Å²) >= 11 is 3.29. The van der Waals surface area contributed by atoms with Crippen molar-refractivity contribution in [3.8, 4) is 11.3 Å². The zero-order valence-electron chi connectivity index (χ0n) is 9.04. The zero-order chi connectivity index (χ0) is 11.7. The second-order valence-electron chi connectivity index (χ2n) is 3.61. The highest BCUT2D eigenvalue weighted by atomic mass is 79.9. The van der Waals surface area contributed by atoms with Crippen LogP contribution in [0.4, 0.5) is 0 Å². The molecule has 0 aliphatic carbocycles. The Hall–Kier alpha value is -1.42. The second-order valence-corrected chi connectivity index (χ2v) is 4.40. The summed E-state index contributed by atoms with van der Waals surface area (Å²) in [5.74, 6) is 0. The van der Waals surface area contributed by atoms with Gasteiger partial charge in [0.15, 0.2) is 0 Å². The number of aromatic amines is 1. The maximum atomic E-state index is 12.1. The van der Waals surface area contributed by atoms with Crippen molar-refractivity contribution in [2.45, 2.75) is 13.8 Å². The average molecular weight is 279 g/mol. The Morgan fingerprint density at radius 2 is 2.00 bits per heavy atom. The molecule has 0 bridgehead atoms. The van der Waals surface area contributed by atoms with Gasteiger partial charge in [-0.1, -0.05) is 6.07 Å². The molecule has 16 heavy (non-hydrogen) atoms. The summed E-state index contributed by atoms with van der Waals surface area (Å²) < 4.78 is 0.568. The monoisotopic (exact) mass is 278 g/mol. The standard InChI is InChI=1S/C12H11BrN2O/c1-7-10(9-5-3-4-6-14-9)12(16)11(13)8(2)15-7/h3-6H,1-2H3,(H,15,16). The van der Waals surface area contributed by atoms with Crippen LogP contribution in [0.15, 0.2) is 33.7 Å². The predicted molar refractivity (Wildman–Crippen MR) is 67.5 cm³/mol. The van der Waals surface area contributed by atoms with E-state index in [9.17, 15) is 4.79 Å². The first-order valence-corrected chi connectivity index (χ1v) is 5.71. The van der Waals surface area contributed by atoms with Crippen LogP contribution in [-0.4, -0.2) is 9.97 Å². The van der Waals surface area contributed by atoms with Gasteiger partial charge in [0.1, 0.15) is 0 Å². The van der Waals surface area contributed by atoms with Gasteiger partial charge in [-0.2, -0.15) is 0 Å². The van der Waals surface area contributed by atoms with E-state index in [1.165, 1.54) is 0 Å². The van der Waals surface area contributed by atoms with Gasteiger partial charge in [-0.05, 0) is 41.9 Å². The molecule has 0 aliphatic rings. The Kier molecular flexibility index (Phi) is 2.92. The Bertz CT molecular complexity index is 576. The molecule has 0 unspecified atom stereocenters. The lowest BCUT2D eigenvalue weighted by atomic mass is 10.1. The number of aryl methyl sites for hydroxylation is 2. The van der Waals surface area contributed by atoms with Crippen LogP contribution in [0.1, 0.15) is 11.4 Å². The molecule has 2 rings (SSSR count). The molecule has 0 fully saturated rings. The minimum Gasteiger partial charge on any atom is -0.361 e. The lowest BCUT2D eigenvalue weighted by Gasteiger charge is -2.07. The van der Waals surface area contributed by atoms with E-state index in [2.05, 4.69) is 25.9 Å². The van der Waals surface area contributed by atoms with Crippen molar-refractivity contribution < 1.29 is 0 Å². The summed E-state index contributed by atoms with van der Waals surface area (Å²) in [6.45, 7) is 3.74. The average Bonchev–Trinajstić information content (AvgIpc) is 2.28. The SMILES string of the molecule is Cc1[nH]c(C)c(-c2ccccn2)c(=O)c1Br. The molecule has 0 saturated carbocycles. The number of pyridine rings is 2. The molecule has 0 aliphatic heterocycles. The van der Waals surface area contributed by atoms with Crippen LogP contribution >= 0.6 is 15.9 Å². The number of halogens is 1. The molecule has 2 heterocycles. The van der Waals surface area contributed by atoms with E-state index in [4.69, 9.17) is 0 Å².